The Labute approximate surface area is 112 Å². The van der Waals surface area contributed by atoms with Gasteiger partial charge in [-0.2, -0.15) is 0 Å². The molecule has 0 saturated carbocycles. The molecule has 0 amide bonds. The molecular weight excluding hydrogens is 252 g/mol. The molecule has 6 heteroatoms. The van der Waals surface area contributed by atoms with Crippen LogP contribution in [-0.2, 0) is 23.7 Å². The highest BCUT2D eigenvalue weighted by Crippen LogP contribution is 2.45. The Morgan fingerprint density at radius 2 is 1.58 bits per heavy atom. The third-order valence-electron chi connectivity index (χ3n) is 3.86. The average molecular weight is 274 g/mol. The molecular formula is C13H22O6. The summed E-state index contributed by atoms with van der Waals surface area (Å²) in [5, 5.41) is 10.7. The Hall–Kier alpha value is -0.240. The van der Waals surface area contributed by atoms with Gasteiger partial charge >= 0.3 is 0 Å². The zero-order chi connectivity index (χ0) is 14.1. The second kappa shape index (κ2) is 3.90. The molecule has 110 valence electrons. The highest BCUT2D eigenvalue weighted by Gasteiger charge is 2.63. The lowest BCUT2D eigenvalue weighted by molar-refractivity contribution is -0.245. The first-order chi connectivity index (χ1) is 8.61. The highest BCUT2D eigenvalue weighted by atomic mass is 16.8. The van der Waals surface area contributed by atoms with Crippen LogP contribution in [0.15, 0.2) is 0 Å². The number of aliphatic hydroxyl groups is 1. The summed E-state index contributed by atoms with van der Waals surface area (Å²) in [6, 6.07) is 0. The van der Waals surface area contributed by atoms with Gasteiger partial charge in [-0.05, 0) is 34.6 Å². The fraction of sp³-hybridized carbons (Fsp3) is 1.00. The third-order valence-corrected chi connectivity index (χ3v) is 3.86. The van der Waals surface area contributed by atoms with Gasteiger partial charge in [-0.25, -0.2) is 0 Å². The second-order valence-electron chi connectivity index (χ2n) is 6.57. The molecule has 1 N–H and O–H groups in total. The molecule has 0 aliphatic carbocycles. The molecule has 3 heterocycles. The average Bonchev–Trinajstić information content (AvgIpc) is 2.80. The SMILES string of the molecule is CC1(C)OC[C@H]([C@H]2O[C@@H]3OC(C)(C)O[C@@H]3[C@@]2(C)O)O1. The molecule has 0 aromatic heterocycles. The number of hydrogen-bond donors (Lipinski definition) is 1. The Balaban J connectivity index is 1.77. The second-order valence-corrected chi connectivity index (χ2v) is 6.57. The van der Waals surface area contributed by atoms with Crippen molar-refractivity contribution >= 4 is 0 Å². The number of hydrogen-bond acceptors (Lipinski definition) is 6. The van der Waals surface area contributed by atoms with E-state index in [4.69, 9.17) is 23.7 Å². The van der Waals surface area contributed by atoms with Gasteiger partial charge in [0, 0.05) is 0 Å². The predicted octanol–water partition coefficient (Wildman–Crippen LogP) is 0.765. The van der Waals surface area contributed by atoms with E-state index in [-0.39, 0.29) is 6.10 Å². The molecule has 19 heavy (non-hydrogen) atoms. The lowest BCUT2D eigenvalue weighted by atomic mass is 9.91. The standard InChI is InChI=1S/C13H22O6/c1-11(2)15-6-7(17-11)8-13(5,14)9-10(16-8)19-12(3,4)18-9/h7-10,14H,6H2,1-5H3/t7-,8-,9+,10-,13+/m1/s1. The van der Waals surface area contributed by atoms with Gasteiger partial charge in [-0.15, -0.1) is 0 Å². The smallest absolute Gasteiger partial charge is 0.190 e. The van der Waals surface area contributed by atoms with Crippen LogP contribution in [-0.4, -0.2) is 53.5 Å². The summed E-state index contributed by atoms with van der Waals surface area (Å²) in [5.74, 6) is -1.39. The minimum absolute atomic E-state index is 0.328. The zero-order valence-corrected chi connectivity index (χ0v) is 12.0. The van der Waals surface area contributed by atoms with Crippen molar-refractivity contribution in [3.8, 4) is 0 Å². The van der Waals surface area contributed by atoms with Gasteiger partial charge in [-0.3, -0.25) is 0 Å². The van der Waals surface area contributed by atoms with Crippen molar-refractivity contribution in [2.75, 3.05) is 6.61 Å². The molecule has 0 bridgehead atoms. The molecule has 0 aromatic rings. The Bertz CT molecular complexity index is 377. The van der Waals surface area contributed by atoms with Gasteiger partial charge in [0.1, 0.15) is 23.9 Å². The van der Waals surface area contributed by atoms with Gasteiger partial charge < -0.3 is 28.8 Å². The van der Waals surface area contributed by atoms with Gasteiger partial charge in [0.15, 0.2) is 17.9 Å². The summed E-state index contributed by atoms with van der Waals surface area (Å²) in [5.41, 5.74) is -1.17. The normalized spacial score (nSPS) is 51.5. The van der Waals surface area contributed by atoms with Gasteiger partial charge in [0.25, 0.3) is 0 Å². The Morgan fingerprint density at radius 1 is 0.895 bits per heavy atom. The minimum Gasteiger partial charge on any atom is -0.384 e. The lowest BCUT2D eigenvalue weighted by Crippen LogP contribution is -2.51. The molecule has 0 radical (unpaired) electrons. The van der Waals surface area contributed by atoms with Crippen LogP contribution in [0, 0.1) is 0 Å². The van der Waals surface area contributed by atoms with E-state index in [1.165, 1.54) is 0 Å². The predicted molar refractivity (Wildman–Crippen MR) is 64.2 cm³/mol. The van der Waals surface area contributed by atoms with Crippen molar-refractivity contribution in [2.24, 2.45) is 0 Å². The molecule has 3 rings (SSSR count). The first-order valence-electron chi connectivity index (χ1n) is 6.66. The van der Waals surface area contributed by atoms with Crippen LogP contribution in [0.3, 0.4) is 0 Å². The molecule has 6 nitrogen and oxygen atoms in total. The Kier molecular flexibility index (Phi) is 2.82. The quantitative estimate of drug-likeness (QED) is 0.761. The van der Waals surface area contributed by atoms with Crippen LogP contribution in [0.25, 0.3) is 0 Å². The molecule has 0 aromatic carbocycles. The fourth-order valence-corrected chi connectivity index (χ4v) is 3.00. The van der Waals surface area contributed by atoms with E-state index in [0.29, 0.717) is 6.61 Å². The highest BCUT2D eigenvalue weighted by molar-refractivity contribution is 5.06. The van der Waals surface area contributed by atoms with E-state index in [2.05, 4.69) is 0 Å². The maximum absolute atomic E-state index is 10.7. The third kappa shape index (κ3) is 2.20. The van der Waals surface area contributed by atoms with Crippen molar-refractivity contribution in [2.45, 2.75) is 76.4 Å². The van der Waals surface area contributed by atoms with Gasteiger partial charge in [0.2, 0.25) is 0 Å². The maximum atomic E-state index is 10.7. The largest absolute Gasteiger partial charge is 0.384 e. The number of ether oxygens (including phenoxy) is 5. The molecule has 0 spiro atoms. The molecule has 3 aliphatic heterocycles. The lowest BCUT2D eigenvalue weighted by Gasteiger charge is -2.33. The van der Waals surface area contributed by atoms with Crippen LogP contribution in [0.1, 0.15) is 34.6 Å². The first-order valence-corrected chi connectivity index (χ1v) is 6.66. The van der Waals surface area contributed by atoms with E-state index < -0.39 is 35.7 Å². The monoisotopic (exact) mass is 274 g/mol. The van der Waals surface area contributed by atoms with Crippen molar-refractivity contribution in [3.63, 3.8) is 0 Å². The number of fused-ring (bicyclic) bond motifs is 1. The zero-order valence-electron chi connectivity index (χ0n) is 12.0. The van der Waals surface area contributed by atoms with Crippen molar-refractivity contribution in [1.82, 2.24) is 0 Å². The van der Waals surface area contributed by atoms with Crippen molar-refractivity contribution in [1.29, 1.82) is 0 Å². The van der Waals surface area contributed by atoms with Crippen molar-refractivity contribution in [3.05, 3.63) is 0 Å². The molecule has 3 aliphatic rings. The number of rotatable bonds is 1. The summed E-state index contributed by atoms with van der Waals surface area (Å²) in [4.78, 5) is 0. The summed E-state index contributed by atoms with van der Waals surface area (Å²) in [6.45, 7) is 9.37. The van der Waals surface area contributed by atoms with Gasteiger partial charge in [0.05, 0.1) is 6.61 Å². The fourth-order valence-electron chi connectivity index (χ4n) is 3.00. The molecule has 3 fully saturated rings. The van der Waals surface area contributed by atoms with Crippen LogP contribution in [0.2, 0.25) is 0 Å². The Morgan fingerprint density at radius 3 is 2.11 bits per heavy atom. The van der Waals surface area contributed by atoms with Gasteiger partial charge in [-0.1, -0.05) is 0 Å². The van der Waals surface area contributed by atoms with Crippen LogP contribution in [0.5, 0.6) is 0 Å². The summed E-state index contributed by atoms with van der Waals surface area (Å²) >= 11 is 0. The minimum atomic E-state index is -1.17. The van der Waals surface area contributed by atoms with Crippen LogP contribution < -0.4 is 0 Å². The van der Waals surface area contributed by atoms with Crippen LogP contribution in [0.4, 0.5) is 0 Å². The van der Waals surface area contributed by atoms with E-state index >= 15 is 0 Å². The maximum Gasteiger partial charge on any atom is 0.190 e. The van der Waals surface area contributed by atoms with E-state index in [1.807, 2.05) is 13.8 Å². The van der Waals surface area contributed by atoms with E-state index in [1.54, 1.807) is 20.8 Å². The van der Waals surface area contributed by atoms with E-state index in [0.717, 1.165) is 0 Å². The summed E-state index contributed by atoms with van der Waals surface area (Å²) < 4.78 is 28.5. The summed E-state index contributed by atoms with van der Waals surface area (Å²) in [7, 11) is 0. The molecule has 3 saturated heterocycles. The van der Waals surface area contributed by atoms with Crippen molar-refractivity contribution < 1.29 is 28.8 Å². The summed E-state index contributed by atoms with van der Waals surface area (Å²) in [6.07, 6.45) is -1.94. The topological polar surface area (TPSA) is 66.4 Å². The molecule has 0 unspecified atom stereocenters. The van der Waals surface area contributed by atoms with Crippen LogP contribution >= 0.6 is 0 Å². The first kappa shape index (κ1) is 13.7. The molecule has 5 atom stereocenters. The van der Waals surface area contributed by atoms with E-state index in [9.17, 15) is 5.11 Å².